The van der Waals surface area contributed by atoms with E-state index in [2.05, 4.69) is 10.6 Å². The summed E-state index contributed by atoms with van der Waals surface area (Å²) >= 11 is 0. The zero-order chi connectivity index (χ0) is 25.6. The van der Waals surface area contributed by atoms with Gasteiger partial charge in [0.05, 0.1) is 21.8 Å². The second-order valence-corrected chi connectivity index (χ2v) is 9.55. The number of amides is 2. The summed E-state index contributed by atoms with van der Waals surface area (Å²) in [5, 5.41) is 13.5. The number of benzene rings is 3. The summed E-state index contributed by atoms with van der Waals surface area (Å²) in [6.07, 6.45) is -5.70. The van der Waals surface area contributed by atoms with Crippen molar-refractivity contribution in [3.63, 3.8) is 0 Å². The van der Waals surface area contributed by atoms with Gasteiger partial charge in [0.25, 0.3) is 0 Å². The fourth-order valence-electron chi connectivity index (χ4n) is 3.18. The van der Waals surface area contributed by atoms with E-state index in [4.69, 9.17) is 5.11 Å². The van der Waals surface area contributed by atoms with Crippen LogP contribution in [0.3, 0.4) is 0 Å². The van der Waals surface area contributed by atoms with E-state index in [9.17, 15) is 31.2 Å². The third-order valence-corrected chi connectivity index (χ3v) is 6.79. The number of carbonyl (C=O) groups excluding carboxylic acids is 1. The van der Waals surface area contributed by atoms with Gasteiger partial charge in [-0.2, -0.15) is 13.2 Å². The number of nitrogens with one attached hydrogen (secondary N) is 2. The number of alkyl halides is 3. The Morgan fingerprint density at radius 3 is 1.97 bits per heavy atom. The highest BCUT2D eigenvalue weighted by molar-refractivity contribution is 7.91. The Morgan fingerprint density at radius 1 is 0.771 bits per heavy atom. The maximum Gasteiger partial charge on any atom is 0.416 e. The van der Waals surface area contributed by atoms with Crippen molar-refractivity contribution >= 4 is 21.8 Å². The molecule has 11 heteroatoms. The summed E-state index contributed by atoms with van der Waals surface area (Å²) in [6.45, 7) is 0.00965. The van der Waals surface area contributed by atoms with Gasteiger partial charge in [-0.25, -0.2) is 13.2 Å². The minimum absolute atomic E-state index is 0.00391. The van der Waals surface area contributed by atoms with Gasteiger partial charge in [0, 0.05) is 13.1 Å². The summed E-state index contributed by atoms with van der Waals surface area (Å²) in [6, 6.07) is 16.1. The molecule has 3 rings (SSSR count). The molecule has 0 aromatic heterocycles. The van der Waals surface area contributed by atoms with Crippen LogP contribution in [-0.4, -0.2) is 25.5 Å². The molecule has 0 atom stereocenters. The largest absolute Gasteiger partial charge is 0.465 e. The average molecular weight is 507 g/mol. The maximum atomic E-state index is 12.9. The van der Waals surface area contributed by atoms with Gasteiger partial charge in [0.1, 0.15) is 0 Å². The van der Waals surface area contributed by atoms with Crippen LogP contribution in [0.15, 0.2) is 82.6 Å². The van der Waals surface area contributed by atoms with Crippen molar-refractivity contribution in [2.75, 3.05) is 0 Å². The molecule has 184 valence electrons. The molecule has 0 bridgehead atoms. The van der Waals surface area contributed by atoms with E-state index in [0.717, 1.165) is 12.1 Å². The first-order chi connectivity index (χ1) is 16.4. The van der Waals surface area contributed by atoms with Gasteiger partial charge in [-0.05, 0) is 53.1 Å². The van der Waals surface area contributed by atoms with Crippen LogP contribution in [-0.2, 0) is 40.3 Å². The van der Waals surface area contributed by atoms with Crippen LogP contribution in [0.4, 0.5) is 18.0 Å². The molecule has 0 aliphatic rings. The Balaban J connectivity index is 1.60. The van der Waals surface area contributed by atoms with Gasteiger partial charge < -0.3 is 15.7 Å². The fraction of sp³-hybridized carbons (Fsp3) is 0.167. The number of hydrogen-bond donors (Lipinski definition) is 3. The first-order valence-electron chi connectivity index (χ1n) is 10.3. The standard InChI is InChI=1S/C24H21F3N2O5S/c25-24(26,27)19-8-4-17(5-9-19)14-28-22(30)13-16-6-10-20(11-7-16)35(33,34)21-3-1-2-18(12-21)15-29-23(31)32/h1-12,29H,13-15H2,(H,28,30)(H,31,32). The lowest BCUT2D eigenvalue weighted by atomic mass is 10.1. The van der Waals surface area contributed by atoms with Crippen molar-refractivity contribution in [3.8, 4) is 0 Å². The Bertz CT molecular complexity index is 1310. The highest BCUT2D eigenvalue weighted by atomic mass is 32.2. The molecular weight excluding hydrogens is 485 g/mol. The van der Waals surface area contributed by atoms with E-state index < -0.39 is 27.7 Å². The van der Waals surface area contributed by atoms with Crippen LogP contribution in [0.2, 0.25) is 0 Å². The normalized spacial score (nSPS) is 11.6. The molecule has 2 amide bonds. The molecule has 0 heterocycles. The number of rotatable bonds is 8. The van der Waals surface area contributed by atoms with Crippen molar-refractivity contribution in [1.82, 2.24) is 10.6 Å². The van der Waals surface area contributed by atoms with Gasteiger partial charge in [-0.3, -0.25) is 4.79 Å². The van der Waals surface area contributed by atoms with Crippen molar-refractivity contribution in [1.29, 1.82) is 0 Å². The van der Waals surface area contributed by atoms with Crippen molar-refractivity contribution in [3.05, 3.63) is 95.1 Å². The second kappa shape index (κ2) is 10.6. The van der Waals surface area contributed by atoms with Gasteiger partial charge in [0.2, 0.25) is 15.7 Å². The van der Waals surface area contributed by atoms with Crippen molar-refractivity contribution in [2.24, 2.45) is 0 Å². The molecule has 0 spiro atoms. The van der Waals surface area contributed by atoms with E-state index in [1.807, 2.05) is 0 Å². The number of carboxylic acid groups (broad SMARTS) is 1. The lowest BCUT2D eigenvalue weighted by Gasteiger charge is -2.10. The molecule has 0 radical (unpaired) electrons. The Labute approximate surface area is 199 Å². The zero-order valence-electron chi connectivity index (χ0n) is 18.2. The van der Waals surface area contributed by atoms with Crippen molar-refractivity contribution in [2.45, 2.75) is 35.5 Å². The summed E-state index contributed by atoms with van der Waals surface area (Å²) in [5.41, 5.74) is 0.767. The van der Waals surface area contributed by atoms with Crippen LogP contribution in [0.1, 0.15) is 22.3 Å². The SMILES string of the molecule is O=C(O)NCc1cccc(S(=O)(=O)c2ccc(CC(=O)NCc3ccc(C(F)(F)F)cc3)cc2)c1. The van der Waals surface area contributed by atoms with Crippen molar-refractivity contribution < 1.29 is 36.3 Å². The van der Waals surface area contributed by atoms with Crippen LogP contribution >= 0.6 is 0 Å². The van der Waals surface area contributed by atoms with E-state index >= 15 is 0 Å². The second-order valence-electron chi connectivity index (χ2n) is 7.60. The molecule has 3 aromatic rings. The predicted octanol–water partition coefficient (Wildman–Crippen LogP) is 4.16. The van der Waals surface area contributed by atoms with Gasteiger partial charge in [-0.15, -0.1) is 0 Å². The monoisotopic (exact) mass is 506 g/mol. The summed E-state index contributed by atoms with van der Waals surface area (Å²) in [7, 11) is -3.86. The molecular formula is C24H21F3N2O5S. The molecule has 7 nitrogen and oxygen atoms in total. The smallest absolute Gasteiger partial charge is 0.416 e. The summed E-state index contributed by atoms with van der Waals surface area (Å²) in [4.78, 5) is 22.9. The number of carbonyl (C=O) groups is 2. The molecule has 0 aliphatic carbocycles. The molecule has 3 N–H and O–H groups in total. The first kappa shape index (κ1) is 25.8. The quantitative estimate of drug-likeness (QED) is 0.425. The summed E-state index contributed by atoms with van der Waals surface area (Å²) < 4.78 is 63.7. The number of halogens is 3. The minimum atomic E-state index is -4.43. The Morgan fingerprint density at radius 2 is 1.37 bits per heavy atom. The highest BCUT2D eigenvalue weighted by Gasteiger charge is 2.29. The van der Waals surface area contributed by atoms with E-state index in [0.29, 0.717) is 16.7 Å². The average Bonchev–Trinajstić information content (AvgIpc) is 2.82. The third-order valence-electron chi connectivity index (χ3n) is 5.02. The highest BCUT2D eigenvalue weighted by Crippen LogP contribution is 2.29. The molecule has 0 fully saturated rings. The zero-order valence-corrected chi connectivity index (χ0v) is 19.0. The topological polar surface area (TPSA) is 113 Å². The Hall–Kier alpha value is -3.86. The van der Waals surface area contributed by atoms with Gasteiger partial charge in [0.15, 0.2) is 0 Å². The van der Waals surface area contributed by atoms with Crippen LogP contribution < -0.4 is 10.6 Å². The third kappa shape index (κ3) is 7.06. The lowest BCUT2D eigenvalue weighted by Crippen LogP contribution is -2.24. The first-order valence-corrected chi connectivity index (χ1v) is 11.8. The van der Waals surface area contributed by atoms with Gasteiger partial charge >= 0.3 is 12.3 Å². The molecule has 0 unspecified atom stereocenters. The van der Waals surface area contributed by atoms with E-state index in [-0.39, 0.29) is 35.2 Å². The number of hydrogen-bond acceptors (Lipinski definition) is 4. The van der Waals surface area contributed by atoms with Crippen LogP contribution in [0.25, 0.3) is 0 Å². The molecule has 0 saturated heterocycles. The van der Waals surface area contributed by atoms with Crippen LogP contribution in [0.5, 0.6) is 0 Å². The molecule has 35 heavy (non-hydrogen) atoms. The minimum Gasteiger partial charge on any atom is -0.465 e. The fourth-order valence-corrected chi connectivity index (χ4v) is 4.51. The maximum absolute atomic E-state index is 12.9. The molecule has 0 aliphatic heterocycles. The van der Waals surface area contributed by atoms with Crippen LogP contribution in [0, 0.1) is 0 Å². The summed E-state index contributed by atoms with van der Waals surface area (Å²) in [5.74, 6) is -0.376. The molecule has 3 aromatic carbocycles. The lowest BCUT2D eigenvalue weighted by molar-refractivity contribution is -0.137. The predicted molar refractivity (Wildman–Crippen MR) is 120 cm³/mol. The van der Waals surface area contributed by atoms with E-state index in [1.165, 1.54) is 54.6 Å². The Kier molecular flexibility index (Phi) is 7.80. The molecule has 0 saturated carbocycles. The van der Waals surface area contributed by atoms with Gasteiger partial charge in [-0.1, -0.05) is 36.4 Å². The number of sulfone groups is 1. The van der Waals surface area contributed by atoms with E-state index in [1.54, 1.807) is 6.07 Å².